The predicted molar refractivity (Wildman–Crippen MR) is 43.9 cm³/mol. The number of carbonyl (C=O) groups excluding carboxylic acids is 1. The van der Waals surface area contributed by atoms with E-state index in [1.807, 2.05) is 0 Å². The Morgan fingerprint density at radius 3 is 2.08 bits per heavy atom. The van der Waals surface area contributed by atoms with E-state index < -0.39 is 30.2 Å². The molecule has 0 aliphatic heterocycles. The maximum Gasteiger partial charge on any atom is 0.135 e. The second kappa shape index (κ2) is 5.50. The molecule has 0 bridgehead atoms. The number of hydrogen-bond donors (Lipinski definition) is 5. The number of aliphatic hydroxyl groups is 4. The van der Waals surface area contributed by atoms with Gasteiger partial charge in [-0.15, -0.1) is 0 Å². The molecule has 0 radical (unpaired) electrons. The van der Waals surface area contributed by atoms with Crippen molar-refractivity contribution < 1.29 is 25.2 Å². The van der Waals surface area contributed by atoms with Crippen LogP contribution in [0.4, 0.5) is 0 Å². The average Bonchev–Trinajstić information content (AvgIpc) is 2.12. The van der Waals surface area contributed by atoms with Gasteiger partial charge in [-0.1, -0.05) is 0 Å². The van der Waals surface area contributed by atoms with Crippen LogP contribution in [0.25, 0.3) is 0 Å². The maximum atomic E-state index is 10.1. The van der Waals surface area contributed by atoms with Gasteiger partial charge in [-0.2, -0.15) is 12.6 Å². The maximum absolute atomic E-state index is 10.1. The van der Waals surface area contributed by atoms with E-state index in [4.69, 9.17) is 20.4 Å². The summed E-state index contributed by atoms with van der Waals surface area (Å²) in [5.74, 6) is 0. The molecular weight excluding hydrogens is 184 g/mol. The first-order chi connectivity index (χ1) is 5.54. The SMILES string of the molecule is O=C[C@H](S)[C@@H](O)[C@H](O)[C@H](O)CO. The average molecular weight is 196 g/mol. The Kier molecular flexibility index (Phi) is 5.43. The van der Waals surface area contributed by atoms with Crippen LogP contribution in [-0.2, 0) is 4.79 Å². The molecule has 0 aromatic rings. The topological polar surface area (TPSA) is 98.0 Å². The summed E-state index contributed by atoms with van der Waals surface area (Å²) in [4.78, 5) is 10.1. The Labute approximate surface area is 75.1 Å². The number of carbonyl (C=O) groups is 1. The zero-order valence-corrected chi connectivity index (χ0v) is 7.13. The van der Waals surface area contributed by atoms with Crippen molar-refractivity contribution in [3.05, 3.63) is 0 Å². The lowest BCUT2D eigenvalue weighted by molar-refractivity contribution is -0.114. The van der Waals surface area contributed by atoms with Gasteiger partial charge >= 0.3 is 0 Å². The van der Waals surface area contributed by atoms with E-state index in [0.717, 1.165) is 0 Å². The summed E-state index contributed by atoms with van der Waals surface area (Å²) >= 11 is 3.63. The largest absolute Gasteiger partial charge is 0.394 e. The molecule has 12 heavy (non-hydrogen) atoms. The van der Waals surface area contributed by atoms with Gasteiger partial charge in [0.05, 0.1) is 11.9 Å². The molecule has 4 atom stereocenters. The standard InChI is InChI=1S/C6H12O5S/c7-1-3(9)5(10)6(11)4(12)2-8/h2-7,9-12H,1H2/t3-,4+,5-,6-/m1/s1. The van der Waals surface area contributed by atoms with E-state index in [9.17, 15) is 4.79 Å². The van der Waals surface area contributed by atoms with Crippen molar-refractivity contribution in [2.45, 2.75) is 23.6 Å². The van der Waals surface area contributed by atoms with Gasteiger partial charge < -0.3 is 25.2 Å². The molecule has 0 aromatic carbocycles. The van der Waals surface area contributed by atoms with Crippen molar-refractivity contribution in [2.24, 2.45) is 0 Å². The lowest BCUT2D eigenvalue weighted by Crippen LogP contribution is -2.44. The van der Waals surface area contributed by atoms with Crippen molar-refractivity contribution >= 4 is 18.9 Å². The molecule has 0 spiro atoms. The Morgan fingerprint density at radius 2 is 1.75 bits per heavy atom. The van der Waals surface area contributed by atoms with Crippen LogP contribution in [0.1, 0.15) is 0 Å². The van der Waals surface area contributed by atoms with Gasteiger partial charge in [0.15, 0.2) is 0 Å². The van der Waals surface area contributed by atoms with Crippen LogP contribution in [0.15, 0.2) is 0 Å². The van der Waals surface area contributed by atoms with Crippen LogP contribution < -0.4 is 0 Å². The summed E-state index contributed by atoms with van der Waals surface area (Å²) in [6, 6.07) is 0. The zero-order valence-electron chi connectivity index (χ0n) is 6.24. The first-order valence-electron chi connectivity index (χ1n) is 3.33. The molecule has 0 saturated heterocycles. The van der Waals surface area contributed by atoms with Crippen LogP contribution in [0.2, 0.25) is 0 Å². The highest BCUT2D eigenvalue weighted by atomic mass is 32.1. The predicted octanol–water partition coefficient (Wildman–Crippen LogP) is -2.44. The first-order valence-corrected chi connectivity index (χ1v) is 3.84. The fraction of sp³-hybridized carbons (Fsp3) is 0.833. The fourth-order valence-corrected chi connectivity index (χ4v) is 0.794. The summed E-state index contributed by atoms with van der Waals surface area (Å²) in [5.41, 5.74) is 0. The van der Waals surface area contributed by atoms with Gasteiger partial charge in [0.2, 0.25) is 0 Å². The molecule has 6 heteroatoms. The van der Waals surface area contributed by atoms with E-state index in [0.29, 0.717) is 6.29 Å². The minimum Gasteiger partial charge on any atom is -0.394 e. The van der Waals surface area contributed by atoms with Crippen molar-refractivity contribution in [3.63, 3.8) is 0 Å². The minimum atomic E-state index is -1.57. The molecular formula is C6H12O5S. The van der Waals surface area contributed by atoms with E-state index in [2.05, 4.69) is 12.6 Å². The zero-order chi connectivity index (χ0) is 9.72. The summed E-state index contributed by atoms with van der Waals surface area (Å²) in [7, 11) is 0. The van der Waals surface area contributed by atoms with Crippen LogP contribution in [0.5, 0.6) is 0 Å². The summed E-state index contributed by atoms with van der Waals surface area (Å²) in [6.07, 6.45) is -4.17. The van der Waals surface area contributed by atoms with Crippen LogP contribution in [0, 0.1) is 0 Å². The normalized spacial score (nSPS) is 21.1. The second-order valence-corrected chi connectivity index (χ2v) is 2.95. The summed E-state index contributed by atoms with van der Waals surface area (Å²) in [6.45, 7) is -0.683. The smallest absolute Gasteiger partial charge is 0.135 e. The van der Waals surface area contributed by atoms with E-state index in [1.54, 1.807) is 0 Å². The summed E-state index contributed by atoms with van der Waals surface area (Å²) < 4.78 is 0. The van der Waals surface area contributed by atoms with Crippen molar-refractivity contribution in [3.8, 4) is 0 Å². The number of hydrogen-bond acceptors (Lipinski definition) is 6. The van der Waals surface area contributed by atoms with Gasteiger partial charge in [-0.25, -0.2) is 0 Å². The van der Waals surface area contributed by atoms with Crippen molar-refractivity contribution in [2.75, 3.05) is 6.61 Å². The number of rotatable bonds is 5. The monoisotopic (exact) mass is 196 g/mol. The highest BCUT2D eigenvalue weighted by Crippen LogP contribution is 2.07. The Bertz CT molecular complexity index is 142. The lowest BCUT2D eigenvalue weighted by Gasteiger charge is -2.22. The third-order valence-corrected chi connectivity index (χ3v) is 1.85. The number of aliphatic hydroxyl groups excluding tert-OH is 4. The molecule has 0 amide bonds. The van der Waals surface area contributed by atoms with E-state index >= 15 is 0 Å². The molecule has 0 aromatic heterocycles. The number of aldehydes is 1. The molecule has 0 unspecified atom stereocenters. The molecule has 0 fully saturated rings. The second-order valence-electron chi connectivity index (χ2n) is 2.36. The number of thiol groups is 1. The van der Waals surface area contributed by atoms with Gasteiger partial charge in [-0.3, -0.25) is 0 Å². The molecule has 0 saturated carbocycles. The molecule has 4 N–H and O–H groups in total. The molecule has 72 valence electrons. The highest BCUT2D eigenvalue weighted by molar-refractivity contribution is 7.81. The van der Waals surface area contributed by atoms with Crippen LogP contribution >= 0.6 is 12.6 Å². The van der Waals surface area contributed by atoms with Gasteiger partial charge in [0.25, 0.3) is 0 Å². The Morgan fingerprint density at radius 1 is 1.25 bits per heavy atom. The van der Waals surface area contributed by atoms with Crippen LogP contribution in [-0.4, -0.2) is 56.9 Å². The molecule has 0 rings (SSSR count). The molecule has 0 aliphatic carbocycles. The first kappa shape index (κ1) is 11.9. The van der Waals surface area contributed by atoms with Crippen LogP contribution in [0.3, 0.4) is 0 Å². The Hall–Kier alpha value is -0.140. The molecule has 5 nitrogen and oxygen atoms in total. The molecule has 0 heterocycles. The minimum absolute atomic E-state index is 0.334. The van der Waals surface area contributed by atoms with Gasteiger partial charge in [0, 0.05) is 0 Å². The Balaban J connectivity index is 4.07. The third-order valence-electron chi connectivity index (χ3n) is 1.42. The van der Waals surface area contributed by atoms with Gasteiger partial charge in [0.1, 0.15) is 24.6 Å². The van der Waals surface area contributed by atoms with Crippen molar-refractivity contribution in [1.82, 2.24) is 0 Å². The third kappa shape index (κ3) is 3.08. The lowest BCUT2D eigenvalue weighted by atomic mass is 10.1. The quantitative estimate of drug-likeness (QED) is 0.248. The van der Waals surface area contributed by atoms with E-state index in [-0.39, 0.29) is 0 Å². The summed E-state index contributed by atoms with van der Waals surface area (Å²) in [5, 5.41) is 34.2. The highest BCUT2D eigenvalue weighted by Gasteiger charge is 2.28. The fourth-order valence-electron chi connectivity index (χ4n) is 0.618. The molecule has 0 aliphatic rings. The van der Waals surface area contributed by atoms with E-state index in [1.165, 1.54) is 0 Å². The van der Waals surface area contributed by atoms with Crippen molar-refractivity contribution in [1.29, 1.82) is 0 Å². The van der Waals surface area contributed by atoms with Gasteiger partial charge in [-0.05, 0) is 0 Å².